The van der Waals surface area contributed by atoms with Gasteiger partial charge in [0.05, 0.1) is 17.1 Å². The number of rotatable bonds is 7. The molecule has 0 bridgehead atoms. The van der Waals surface area contributed by atoms with Crippen molar-refractivity contribution in [1.29, 1.82) is 0 Å². The van der Waals surface area contributed by atoms with E-state index in [2.05, 4.69) is 31.2 Å². The molecule has 0 saturated carbocycles. The van der Waals surface area contributed by atoms with E-state index in [9.17, 15) is 35.5 Å². The Hall–Kier alpha value is -2.99. The molecule has 4 nitrogen and oxygen atoms in total. The first-order valence-corrected chi connectivity index (χ1v) is 11.1. The molecule has 0 amide bonds. The Morgan fingerprint density at radius 1 is 1.06 bits per heavy atom. The van der Waals surface area contributed by atoms with Crippen LogP contribution < -0.4 is 5.32 Å². The fraction of sp³-hybridized carbons (Fsp3) is 0.174. The van der Waals surface area contributed by atoms with Crippen molar-refractivity contribution in [3.8, 4) is 0 Å². The third kappa shape index (κ3) is 6.82. The smallest absolute Gasteiger partial charge is 0.347 e. The molecule has 1 atom stereocenters. The van der Waals surface area contributed by atoms with Crippen LogP contribution in [0, 0.1) is 0 Å². The van der Waals surface area contributed by atoms with Gasteiger partial charge in [-0.3, -0.25) is 4.79 Å². The Labute approximate surface area is 213 Å². The Bertz CT molecular complexity index is 1280. The van der Waals surface area contributed by atoms with Gasteiger partial charge < -0.3 is 5.32 Å². The largest absolute Gasteiger partial charge is 0.417 e. The number of Topliss-reactive ketones (excluding diaryl/α,β-unsaturated/α-hetero) is 1. The molecular weight excluding hydrogens is 583 g/mol. The van der Waals surface area contributed by atoms with Crippen LogP contribution in [-0.2, 0) is 6.18 Å². The van der Waals surface area contributed by atoms with Crippen molar-refractivity contribution in [2.45, 2.75) is 18.3 Å². The summed E-state index contributed by atoms with van der Waals surface area (Å²) < 4.78 is 97.1. The number of ketones is 1. The summed E-state index contributed by atoms with van der Waals surface area (Å²) in [6, 6.07) is 6.54. The Balaban J connectivity index is 1.96. The van der Waals surface area contributed by atoms with Crippen molar-refractivity contribution >= 4 is 45.1 Å². The van der Waals surface area contributed by atoms with E-state index in [4.69, 9.17) is 11.6 Å². The van der Waals surface area contributed by atoms with Crippen LogP contribution in [0.25, 0.3) is 5.83 Å². The van der Waals surface area contributed by atoms with E-state index in [1.165, 1.54) is 24.5 Å². The summed E-state index contributed by atoms with van der Waals surface area (Å²) in [5.41, 5.74) is -3.45. The van der Waals surface area contributed by atoms with Gasteiger partial charge in [-0.05, 0) is 51.8 Å². The second kappa shape index (κ2) is 11.0. The number of nitrogens with one attached hydrogen (secondary N) is 1. The number of hydrogen-bond acceptors (Lipinski definition) is 4. The number of alkyl halides is 6. The first kappa shape index (κ1) is 27.6. The molecular formula is C23H14BrClF7N3O. The quantitative estimate of drug-likeness (QED) is 0.223. The molecule has 3 rings (SSSR count). The molecule has 1 heterocycles. The minimum absolute atomic E-state index is 0.00275. The first-order valence-electron chi connectivity index (χ1n) is 9.92. The van der Waals surface area contributed by atoms with Crippen LogP contribution in [0.1, 0.15) is 33.0 Å². The van der Waals surface area contributed by atoms with E-state index in [1.807, 2.05) is 0 Å². The zero-order valence-corrected chi connectivity index (χ0v) is 20.1. The summed E-state index contributed by atoms with van der Waals surface area (Å²) in [6.07, 6.45) is -7.18. The maximum atomic E-state index is 14.9. The number of anilines is 1. The average molecular weight is 597 g/mol. The predicted octanol–water partition coefficient (Wildman–Crippen LogP) is 7.86. The van der Waals surface area contributed by atoms with Crippen LogP contribution in [0.3, 0.4) is 0 Å². The van der Waals surface area contributed by atoms with Gasteiger partial charge in [0.25, 0.3) is 0 Å². The second-order valence-corrected chi connectivity index (χ2v) is 8.58. The number of benzene rings is 2. The number of carbonyl (C=O) groups is 1. The summed E-state index contributed by atoms with van der Waals surface area (Å²) in [5, 5.41) is 2.58. The SMILES string of the molecule is O=C(CNc1ncccn1)c1ccc(/C(F)=C/C(c2ccc(Cl)c(Br)c2)C(F)(F)F)cc1C(F)(F)F. The topological polar surface area (TPSA) is 54.9 Å². The lowest BCUT2D eigenvalue weighted by atomic mass is 9.95. The van der Waals surface area contributed by atoms with Crippen LogP contribution in [0.15, 0.2) is 65.4 Å². The molecule has 3 aromatic rings. The van der Waals surface area contributed by atoms with E-state index in [0.29, 0.717) is 12.1 Å². The minimum Gasteiger partial charge on any atom is -0.347 e. The minimum atomic E-state index is -5.09. The van der Waals surface area contributed by atoms with Crippen LogP contribution in [0.5, 0.6) is 0 Å². The van der Waals surface area contributed by atoms with Crippen molar-refractivity contribution in [3.63, 3.8) is 0 Å². The number of nitrogens with zero attached hydrogens (tertiary/aromatic N) is 2. The van der Waals surface area contributed by atoms with Crippen LogP contribution in [-0.4, -0.2) is 28.5 Å². The lowest BCUT2D eigenvalue weighted by molar-refractivity contribution is -0.140. The van der Waals surface area contributed by atoms with Crippen molar-refractivity contribution in [2.24, 2.45) is 0 Å². The lowest BCUT2D eigenvalue weighted by Gasteiger charge is -2.19. The van der Waals surface area contributed by atoms with Crippen LogP contribution in [0.2, 0.25) is 5.02 Å². The molecule has 1 aromatic heterocycles. The average Bonchev–Trinajstić information content (AvgIpc) is 2.81. The highest BCUT2D eigenvalue weighted by Gasteiger charge is 2.40. The Kier molecular flexibility index (Phi) is 8.40. The number of hydrogen-bond donors (Lipinski definition) is 1. The third-order valence-electron chi connectivity index (χ3n) is 4.84. The number of aromatic nitrogens is 2. The lowest BCUT2D eigenvalue weighted by Crippen LogP contribution is -2.20. The van der Waals surface area contributed by atoms with Gasteiger partial charge in [-0.2, -0.15) is 26.3 Å². The van der Waals surface area contributed by atoms with E-state index < -0.39 is 53.1 Å². The maximum absolute atomic E-state index is 14.9. The molecule has 0 radical (unpaired) electrons. The molecule has 0 saturated heterocycles. The third-order valence-corrected chi connectivity index (χ3v) is 6.06. The van der Waals surface area contributed by atoms with E-state index in [0.717, 1.165) is 18.2 Å². The van der Waals surface area contributed by atoms with Crippen LogP contribution >= 0.6 is 27.5 Å². The molecule has 13 heteroatoms. The highest BCUT2D eigenvalue weighted by Crippen LogP contribution is 2.41. The van der Waals surface area contributed by atoms with Gasteiger partial charge in [-0.15, -0.1) is 0 Å². The van der Waals surface area contributed by atoms with E-state index in [1.54, 1.807) is 0 Å². The first-order chi connectivity index (χ1) is 16.8. The molecule has 0 aliphatic heterocycles. The van der Waals surface area contributed by atoms with Gasteiger partial charge in [0.1, 0.15) is 11.7 Å². The molecule has 0 spiro atoms. The van der Waals surface area contributed by atoms with Gasteiger partial charge in [0, 0.05) is 28.0 Å². The van der Waals surface area contributed by atoms with Crippen molar-refractivity contribution in [3.05, 3.63) is 92.7 Å². The van der Waals surface area contributed by atoms with Gasteiger partial charge in [-0.1, -0.05) is 29.8 Å². The standard InChI is InChI=1S/C23H14BrClF7N3O/c24-17-9-12(3-5-18(17)25)15(22(27,28)29)10-19(26)13-2-4-14(16(8-13)23(30,31)32)20(36)11-35-21-33-6-1-7-34-21/h1-10,15H,11H2,(H,33,34,35)/b19-10-. The van der Waals surface area contributed by atoms with E-state index >= 15 is 0 Å². The van der Waals surface area contributed by atoms with Crippen molar-refractivity contribution < 1.29 is 35.5 Å². The normalized spacial score (nSPS) is 13.4. The molecule has 0 aliphatic rings. The zero-order valence-electron chi connectivity index (χ0n) is 17.8. The fourth-order valence-corrected chi connectivity index (χ4v) is 3.66. The van der Waals surface area contributed by atoms with Gasteiger partial charge >= 0.3 is 12.4 Å². The maximum Gasteiger partial charge on any atom is 0.417 e. The monoisotopic (exact) mass is 595 g/mol. The molecule has 190 valence electrons. The van der Waals surface area contributed by atoms with Gasteiger partial charge in [-0.25, -0.2) is 14.4 Å². The zero-order chi connectivity index (χ0) is 26.7. The Morgan fingerprint density at radius 3 is 2.31 bits per heavy atom. The molecule has 1 unspecified atom stereocenters. The highest BCUT2D eigenvalue weighted by atomic mass is 79.9. The predicted molar refractivity (Wildman–Crippen MR) is 123 cm³/mol. The number of carbonyl (C=O) groups excluding carboxylic acids is 1. The molecule has 36 heavy (non-hydrogen) atoms. The summed E-state index contributed by atoms with van der Waals surface area (Å²) >= 11 is 8.78. The van der Waals surface area contributed by atoms with E-state index in [-0.39, 0.29) is 27.1 Å². The van der Waals surface area contributed by atoms with Crippen molar-refractivity contribution in [2.75, 3.05) is 11.9 Å². The molecule has 1 N–H and O–H groups in total. The summed E-state index contributed by atoms with van der Waals surface area (Å²) in [7, 11) is 0. The van der Waals surface area contributed by atoms with Crippen LogP contribution in [0.4, 0.5) is 36.7 Å². The summed E-state index contributed by atoms with van der Waals surface area (Å²) in [6.45, 7) is -0.605. The number of halogens is 9. The molecule has 0 aliphatic carbocycles. The molecule has 2 aromatic carbocycles. The summed E-state index contributed by atoms with van der Waals surface area (Å²) in [4.78, 5) is 20.0. The van der Waals surface area contributed by atoms with Gasteiger partial charge in [0.15, 0.2) is 5.78 Å². The fourth-order valence-electron chi connectivity index (χ4n) is 3.14. The number of allylic oxidation sites excluding steroid dienone is 1. The second-order valence-electron chi connectivity index (χ2n) is 7.31. The van der Waals surface area contributed by atoms with Gasteiger partial charge in [0.2, 0.25) is 5.95 Å². The molecule has 0 fully saturated rings. The summed E-state index contributed by atoms with van der Waals surface area (Å²) in [5.74, 6) is -5.04. The van der Waals surface area contributed by atoms with Crippen molar-refractivity contribution in [1.82, 2.24) is 9.97 Å². The Morgan fingerprint density at radius 2 is 1.72 bits per heavy atom. The highest BCUT2D eigenvalue weighted by molar-refractivity contribution is 9.10.